The van der Waals surface area contributed by atoms with E-state index < -0.39 is 12.1 Å². The van der Waals surface area contributed by atoms with Gasteiger partial charge in [-0.2, -0.15) is 5.10 Å². The summed E-state index contributed by atoms with van der Waals surface area (Å²) in [5, 5.41) is 13.7. The number of aryl methyl sites for hydroxylation is 2. The predicted molar refractivity (Wildman–Crippen MR) is 96.0 cm³/mol. The summed E-state index contributed by atoms with van der Waals surface area (Å²) in [5.41, 5.74) is 2.67. The van der Waals surface area contributed by atoms with Crippen LogP contribution in [0.3, 0.4) is 0 Å². The molecule has 0 radical (unpaired) electrons. The molecule has 3 rings (SSSR count). The van der Waals surface area contributed by atoms with Gasteiger partial charge in [0, 0.05) is 24.1 Å². The Kier molecular flexibility index (Phi) is 5.22. The number of aromatic nitrogens is 4. The van der Waals surface area contributed by atoms with Gasteiger partial charge in [0.25, 0.3) is 11.9 Å². The number of carbonyl (C=O) groups is 2. The van der Waals surface area contributed by atoms with E-state index in [1.807, 2.05) is 33.8 Å². The van der Waals surface area contributed by atoms with Gasteiger partial charge in [0.05, 0.1) is 24.4 Å². The van der Waals surface area contributed by atoms with Crippen molar-refractivity contribution in [2.75, 3.05) is 19.7 Å². The molecule has 0 bridgehead atoms. The number of hydrogen-bond acceptors (Lipinski definition) is 6. The maximum Gasteiger partial charge on any atom is 0.334 e. The Bertz CT molecular complexity index is 856. The van der Waals surface area contributed by atoms with Gasteiger partial charge in [-0.3, -0.25) is 4.79 Å². The monoisotopic (exact) mass is 373 g/mol. The Hall–Kier alpha value is -2.81. The molecule has 1 saturated heterocycles. The number of carbonyl (C=O) groups excluding carboxylic acids is 1. The number of ether oxygens (including phenoxy) is 1. The third-order valence-corrected chi connectivity index (χ3v) is 4.32. The standard InChI is InChI=1S/C18H23N5O4/c1-10(2)15-13(16(24)22-5-6-27-14(9-22)17(25)26)8-23(21-15)18-19-11(3)7-12(4)20-18/h7-8,10,14H,5-6,9H2,1-4H3,(H,25,26). The van der Waals surface area contributed by atoms with Crippen LogP contribution < -0.4 is 0 Å². The molecule has 1 atom stereocenters. The normalized spacial score (nSPS) is 17.4. The molecule has 2 aromatic heterocycles. The number of hydrogen-bond donors (Lipinski definition) is 1. The second-order valence-electron chi connectivity index (χ2n) is 6.93. The molecule has 1 amide bonds. The van der Waals surface area contributed by atoms with E-state index >= 15 is 0 Å². The van der Waals surface area contributed by atoms with E-state index in [2.05, 4.69) is 15.1 Å². The Morgan fingerprint density at radius 1 is 1.26 bits per heavy atom. The minimum absolute atomic E-state index is 0.00687. The molecule has 27 heavy (non-hydrogen) atoms. The summed E-state index contributed by atoms with van der Waals surface area (Å²) in [6.45, 7) is 8.18. The van der Waals surface area contributed by atoms with E-state index in [1.165, 1.54) is 9.58 Å². The first-order valence-electron chi connectivity index (χ1n) is 8.82. The summed E-state index contributed by atoms with van der Waals surface area (Å²) in [5.74, 6) is -0.925. The van der Waals surface area contributed by atoms with Crippen molar-refractivity contribution in [3.8, 4) is 5.95 Å². The molecule has 0 aromatic carbocycles. The molecule has 1 fully saturated rings. The highest BCUT2D eigenvalue weighted by Gasteiger charge is 2.32. The van der Waals surface area contributed by atoms with Crippen LogP contribution in [-0.2, 0) is 9.53 Å². The van der Waals surface area contributed by atoms with Crippen molar-refractivity contribution in [3.63, 3.8) is 0 Å². The molecule has 0 saturated carbocycles. The topological polar surface area (TPSA) is 110 Å². The van der Waals surface area contributed by atoms with Crippen molar-refractivity contribution in [1.29, 1.82) is 0 Å². The van der Waals surface area contributed by atoms with Crippen LogP contribution in [0, 0.1) is 13.8 Å². The Morgan fingerprint density at radius 3 is 2.52 bits per heavy atom. The summed E-state index contributed by atoms with van der Waals surface area (Å²) in [7, 11) is 0. The van der Waals surface area contributed by atoms with Crippen molar-refractivity contribution >= 4 is 11.9 Å². The summed E-state index contributed by atoms with van der Waals surface area (Å²) in [4.78, 5) is 34.5. The highest BCUT2D eigenvalue weighted by atomic mass is 16.5. The molecular formula is C18H23N5O4. The van der Waals surface area contributed by atoms with Crippen LogP contribution in [0.15, 0.2) is 12.3 Å². The zero-order valence-electron chi connectivity index (χ0n) is 15.8. The number of carboxylic acid groups (broad SMARTS) is 1. The third kappa shape index (κ3) is 3.97. The summed E-state index contributed by atoms with van der Waals surface area (Å²) in [6, 6.07) is 1.86. The fourth-order valence-corrected chi connectivity index (χ4v) is 3.04. The number of rotatable bonds is 4. The molecule has 2 aromatic rings. The SMILES string of the molecule is Cc1cc(C)nc(-n2cc(C(=O)N3CCOC(C(=O)O)C3)c(C(C)C)n2)n1. The van der Waals surface area contributed by atoms with Gasteiger partial charge in [0.15, 0.2) is 6.10 Å². The van der Waals surface area contributed by atoms with E-state index in [4.69, 9.17) is 9.84 Å². The third-order valence-electron chi connectivity index (χ3n) is 4.32. The van der Waals surface area contributed by atoms with Gasteiger partial charge in [-0.05, 0) is 25.8 Å². The molecule has 1 N–H and O–H groups in total. The lowest BCUT2D eigenvalue weighted by Crippen LogP contribution is -2.48. The maximum atomic E-state index is 13.1. The molecule has 0 aliphatic carbocycles. The van der Waals surface area contributed by atoms with Crippen molar-refractivity contribution < 1.29 is 19.4 Å². The van der Waals surface area contributed by atoms with Crippen LogP contribution in [0.4, 0.5) is 0 Å². The molecule has 144 valence electrons. The molecule has 1 aliphatic rings. The van der Waals surface area contributed by atoms with Crippen LogP contribution in [-0.4, -0.2) is 67.4 Å². The number of aliphatic carboxylic acids is 1. The van der Waals surface area contributed by atoms with E-state index in [1.54, 1.807) is 6.20 Å². The number of amides is 1. The zero-order valence-corrected chi connectivity index (χ0v) is 15.8. The molecule has 0 spiro atoms. The van der Waals surface area contributed by atoms with Gasteiger partial charge >= 0.3 is 5.97 Å². The lowest BCUT2D eigenvalue weighted by molar-refractivity contribution is -0.154. The maximum absolute atomic E-state index is 13.1. The second-order valence-corrected chi connectivity index (χ2v) is 6.93. The predicted octanol–water partition coefficient (Wildman–Crippen LogP) is 1.33. The van der Waals surface area contributed by atoms with Gasteiger partial charge in [-0.15, -0.1) is 0 Å². The average molecular weight is 373 g/mol. The second kappa shape index (κ2) is 7.43. The first kappa shape index (κ1) is 19.0. The van der Waals surface area contributed by atoms with Crippen LogP contribution in [0.25, 0.3) is 5.95 Å². The summed E-state index contributed by atoms with van der Waals surface area (Å²) >= 11 is 0. The fourth-order valence-electron chi connectivity index (χ4n) is 3.04. The Morgan fingerprint density at radius 2 is 1.93 bits per heavy atom. The van der Waals surface area contributed by atoms with E-state index in [-0.39, 0.29) is 25.0 Å². The van der Waals surface area contributed by atoms with Gasteiger partial charge in [-0.25, -0.2) is 19.4 Å². The lowest BCUT2D eigenvalue weighted by Gasteiger charge is -2.30. The van der Waals surface area contributed by atoms with E-state index in [0.29, 0.717) is 23.8 Å². The first-order chi connectivity index (χ1) is 12.8. The first-order valence-corrected chi connectivity index (χ1v) is 8.82. The highest BCUT2D eigenvalue weighted by Crippen LogP contribution is 2.22. The van der Waals surface area contributed by atoms with Crippen molar-refractivity contribution in [3.05, 3.63) is 34.9 Å². The zero-order chi connectivity index (χ0) is 19.7. The molecule has 1 unspecified atom stereocenters. The van der Waals surface area contributed by atoms with Gasteiger partial charge in [0.2, 0.25) is 0 Å². The van der Waals surface area contributed by atoms with Crippen LogP contribution in [0.1, 0.15) is 47.2 Å². The minimum atomic E-state index is -1.07. The largest absolute Gasteiger partial charge is 0.479 e. The highest BCUT2D eigenvalue weighted by molar-refractivity contribution is 5.95. The molecule has 3 heterocycles. The fraction of sp³-hybridized carbons (Fsp3) is 0.500. The average Bonchev–Trinajstić information content (AvgIpc) is 3.06. The number of nitrogens with zero attached hydrogens (tertiary/aromatic N) is 5. The van der Waals surface area contributed by atoms with Crippen molar-refractivity contribution in [2.24, 2.45) is 0 Å². The van der Waals surface area contributed by atoms with Crippen molar-refractivity contribution in [1.82, 2.24) is 24.6 Å². The Balaban J connectivity index is 1.96. The van der Waals surface area contributed by atoms with E-state index in [0.717, 1.165) is 11.4 Å². The molecule has 9 nitrogen and oxygen atoms in total. The molecule has 1 aliphatic heterocycles. The summed E-state index contributed by atoms with van der Waals surface area (Å²) < 4.78 is 6.71. The molecular weight excluding hydrogens is 350 g/mol. The molecule has 9 heteroatoms. The summed E-state index contributed by atoms with van der Waals surface area (Å²) in [6.07, 6.45) is 0.611. The van der Waals surface area contributed by atoms with Crippen molar-refractivity contribution in [2.45, 2.75) is 39.7 Å². The van der Waals surface area contributed by atoms with Crippen LogP contribution in [0.5, 0.6) is 0 Å². The quantitative estimate of drug-likeness (QED) is 0.861. The smallest absolute Gasteiger partial charge is 0.334 e. The van der Waals surface area contributed by atoms with Crippen LogP contribution >= 0.6 is 0 Å². The van der Waals surface area contributed by atoms with Gasteiger partial charge in [0.1, 0.15) is 0 Å². The van der Waals surface area contributed by atoms with Gasteiger partial charge < -0.3 is 14.7 Å². The number of carboxylic acids is 1. The van der Waals surface area contributed by atoms with Crippen LogP contribution in [0.2, 0.25) is 0 Å². The lowest BCUT2D eigenvalue weighted by atomic mass is 10.1. The van der Waals surface area contributed by atoms with Gasteiger partial charge in [-0.1, -0.05) is 13.8 Å². The van der Waals surface area contributed by atoms with E-state index in [9.17, 15) is 9.59 Å². The number of morpholine rings is 1. The Labute approximate surface area is 157 Å². The minimum Gasteiger partial charge on any atom is -0.479 e.